The van der Waals surface area contributed by atoms with Crippen LogP contribution in [-0.2, 0) is 5.75 Å². The van der Waals surface area contributed by atoms with Gasteiger partial charge in [-0.05, 0) is 35.1 Å². The van der Waals surface area contributed by atoms with Gasteiger partial charge in [-0.15, -0.1) is 0 Å². The fourth-order valence-electron chi connectivity index (χ4n) is 2.88. The van der Waals surface area contributed by atoms with E-state index in [2.05, 4.69) is 69.9 Å². The molecule has 2 unspecified atom stereocenters. The second-order valence-corrected chi connectivity index (χ2v) is 7.33. The molecule has 0 bridgehead atoms. The van der Waals surface area contributed by atoms with Gasteiger partial charge in [-0.25, -0.2) is 0 Å². The van der Waals surface area contributed by atoms with Crippen molar-refractivity contribution < 1.29 is 0 Å². The third-order valence-electron chi connectivity index (χ3n) is 4.01. The summed E-state index contributed by atoms with van der Waals surface area (Å²) >= 11 is 2.11. The molecule has 0 aliphatic carbocycles. The number of nitrogens with one attached hydrogen (secondary N) is 1. The minimum atomic E-state index is 0.512. The van der Waals surface area contributed by atoms with Crippen molar-refractivity contribution in [3.05, 3.63) is 34.9 Å². The SMILES string of the molecule is CCNC1c2cc(C(C)C)ccc2CSC1C(C)C. The summed E-state index contributed by atoms with van der Waals surface area (Å²) in [5.74, 6) is 2.49. The molecule has 0 saturated heterocycles. The van der Waals surface area contributed by atoms with Crippen molar-refractivity contribution in [3.63, 3.8) is 0 Å². The van der Waals surface area contributed by atoms with Crippen LogP contribution in [0.1, 0.15) is 63.3 Å². The van der Waals surface area contributed by atoms with Crippen LogP contribution >= 0.6 is 11.8 Å². The predicted molar refractivity (Wildman–Crippen MR) is 86.9 cm³/mol. The molecule has 1 N–H and O–H groups in total. The van der Waals surface area contributed by atoms with Crippen molar-refractivity contribution in [2.24, 2.45) is 5.92 Å². The van der Waals surface area contributed by atoms with Gasteiger partial charge in [0.2, 0.25) is 0 Å². The lowest BCUT2D eigenvalue weighted by molar-refractivity contribution is 0.447. The highest BCUT2D eigenvalue weighted by Crippen LogP contribution is 2.41. The Morgan fingerprint density at radius 3 is 2.58 bits per heavy atom. The third kappa shape index (κ3) is 3.17. The fraction of sp³-hybridized carbons (Fsp3) is 0.647. The van der Waals surface area contributed by atoms with Gasteiger partial charge < -0.3 is 5.32 Å². The fourth-order valence-corrected chi connectivity index (χ4v) is 4.33. The molecule has 0 fully saturated rings. The normalized spacial score (nSPS) is 22.9. The minimum Gasteiger partial charge on any atom is -0.309 e. The molecule has 2 heteroatoms. The molecule has 1 heterocycles. The van der Waals surface area contributed by atoms with E-state index < -0.39 is 0 Å². The second kappa shape index (κ2) is 6.32. The molecule has 1 aromatic rings. The zero-order valence-electron chi connectivity index (χ0n) is 12.9. The second-order valence-electron chi connectivity index (χ2n) is 6.17. The summed E-state index contributed by atoms with van der Waals surface area (Å²) in [5.41, 5.74) is 4.54. The van der Waals surface area contributed by atoms with E-state index in [-0.39, 0.29) is 0 Å². The Morgan fingerprint density at radius 1 is 1.26 bits per heavy atom. The quantitative estimate of drug-likeness (QED) is 0.853. The molecular formula is C17H27NS. The first-order chi connectivity index (χ1) is 9.04. The van der Waals surface area contributed by atoms with Gasteiger partial charge in [0.25, 0.3) is 0 Å². The highest BCUT2D eigenvalue weighted by Gasteiger charge is 2.31. The first-order valence-electron chi connectivity index (χ1n) is 7.52. The van der Waals surface area contributed by atoms with Crippen LogP contribution in [0.5, 0.6) is 0 Å². The number of hydrogen-bond donors (Lipinski definition) is 1. The highest BCUT2D eigenvalue weighted by molar-refractivity contribution is 7.99. The van der Waals surface area contributed by atoms with Gasteiger partial charge in [-0.1, -0.05) is 52.8 Å². The lowest BCUT2D eigenvalue weighted by atomic mass is 9.89. The molecule has 106 valence electrons. The first kappa shape index (κ1) is 14.9. The summed E-state index contributed by atoms with van der Waals surface area (Å²) in [4.78, 5) is 0. The van der Waals surface area contributed by atoms with Crippen LogP contribution in [0.4, 0.5) is 0 Å². The molecule has 1 aliphatic rings. The van der Waals surface area contributed by atoms with Crippen molar-refractivity contribution >= 4 is 11.8 Å². The van der Waals surface area contributed by atoms with Crippen LogP contribution in [-0.4, -0.2) is 11.8 Å². The monoisotopic (exact) mass is 277 g/mol. The summed E-state index contributed by atoms with van der Waals surface area (Å²) in [5, 5.41) is 4.41. The molecular weight excluding hydrogens is 250 g/mol. The molecule has 1 nitrogen and oxygen atoms in total. The standard InChI is InChI=1S/C17H27NS/c1-6-18-16-15-9-13(11(2)3)7-8-14(15)10-19-17(16)12(4)5/h7-9,11-12,16-18H,6,10H2,1-5H3. The highest BCUT2D eigenvalue weighted by atomic mass is 32.2. The van der Waals surface area contributed by atoms with Crippen molar-refractivity contribution in [1.29, 1.82) is 0 Å². The van der Waals surface area contributed by atoms with Crippen LogP contribution < -0.4 is 5.32 Å². The molecule has 0 saturated carbocycles. The average Bonchev–Trinajstić information content (AvgIpc) is 2.38. The Labute approximate surface area is 122 Å². The van der Waals surface area contributed by atoms with Gasteiger partial charge >= 0.3 is 0 Å². The van der Waals surface area contributed by atoms with E-state index in [0.717, 1.165) is 6.54 Å². The molecule has 0 aromatic heterocycles. The summed E-state index contributed by atoms with van der Waals surface area (Å²) < 4.78 is 0. The van der Waals surface area contributed by atoms with Crippen LogP contribution in [0.3, 0.4) is 0 Å². The van der Waals surface area contributed by atoms with Gasteiger partial charge in [0.1, 0.15) is 0 Å². The van der Waals surface area contributed by atoms with E-state index in [1.165, 1.54) is 16.9 Å². The van der Waals surface area contributed by atoms with E-state index in [1.54, 1.807) is 5.56 Å². The average molecular weight is 277 g/mol. The summed E-state index contributed by atoms with van der Waals surface area (Å²) in [7, 11) is 0. The molecule has 0 radical (unpaired) electrons. The van der Waals surface area contributed by atoms with Crippen LogP contribution in [0.2, 0.25) is 0 Å². The Balaban J connectivity index is 2.39. The summed E-state index contributed by atoms with van der Waals surface area (Å²) in [6.45, 7) is 12.5. The molecule has 0 spiro atoms. The topological polar surface area (TPSA) is 12.0 Å². The van der Waals surface area contributed by atoms with Gasteiger partial charge in [0, 0.05) is 17.0 Å². The van der Waals surface area contributed by atoms with Crippen molar-refractivity contribution in [3.8, 4) is 0 Å². The van der Waals surface area contributed by atoms with Crippen LogP contribution in [0.25, 0.3) is 0 Å². The number of hydrogen-bond acceptors (Lipinski definition) is 2. The molecule has 1 aromatic carbocycles. The third-order valence-corrected chi connectivity index (χ3v) is 5.69. The Morgan fingerprint density at radius 2 is 2.00 bits per heavy atom. The van der Waals surface area contributed by atoms with Crippen LogP contribution in [0.15, 0.2) is 18.2 Å². The zero-order valence-corrected chi connectivity index (χ0v) is 13.7. The maximum atomic E-state index is 3.72. The smallest absolute Gasteiger partial charge is 0.0446 e. The predicted octanol–water partition coefficient (Wildman–Crippen LogP) is 4.73. The van der Waals surface area contributed by atoms with E-state index in [9.17, 15) is 0 Å². The van der Waals surface area contributed by atoms with Crippen molar-refractivity contribution in [2.75, 3.05) is 6.54 Å². The number of rotatable bonds is 4. The number of thioether (sulfide) groups is 1. The van der Waals surface area contributed by atoms with Gasteiger partial charge in [-0.2, -0.15) is 11.8 Å². The van der Waals surface area contributed by atoms with E-state index in [1.807, 2.05) is 0 Å². The lowest BCUT2D eigenvalue weighted by Crippen LogP contribution is -2.36. The molecule has 1 aliphatic heterocycles. The van der Waals surface area contributed by atoms with Gasteiger partial charge in [0.05, 0.1) is 0 Å². The molecule has 2 atom stereocenters. The molecule has 2 rings (SSSR count). The van der Waals surface area contributed by atoms with E-state index >= 15 is 0 Å². The Bertz CT molecular complexity index is 425. The number of benzene rings is 1. The molecule has 19 heavy (non-hydrogen) atoms. The molecule has 0 amide bonds. The maximum Gasteiger partial charge on any atom is 0.0446 e. The summed E-state index contributed by atoms with van der Waals surface area (Å²) in [6.07, 6.45) is 0. The summed E-state index contributed by atoms with van der Waals surface area (Å²) in [6, 6.07) is 7.61. The Hall–Kier alpha value is -0.470. The largest absolute Gasteiger partial charge is 0.309 e. The van der Waals surface area contributed by atoms with Crippen molar-refractivity contribution in [1.82, 2.24) is 5.32 Å². The zero-order chi connectivity index (χ0) is 14.0. The minimum absolute atomic E-state index is 0.512. The number of fused-ring (bicyclic) bond motifs is 1. The van der Waals surface area contributed by atoms with Crippen molar-refractivity contribution in [2.45, 2.75) is 57.6 Å². The lowest BCUT2D eigenvalue weighted by Gasteiger charge is -2.36. The van der Waals surface area contributed by atoms with Gasteiger partial charge in [-0.3, -0.25) is 0 Å². The maximum absolute atomic E-state index is 3.72. The Kier molecular flexibility index (Phi) is 4.97. The first-order valence-corrected chi connectivity index (χ1v) is 8.57. The van der Waals surface area contributed by atoms with Crippen LogP contribution in [0, 0.1) is 5.92 Å². The van der Waals surface area contributed by atoms with Gasteiger partial charge in [0.15, 0.2) is 0 Å². The van der Waals surface area contributed by atoms with E-state index in [4.69, 9.17) is 0 Å². The van der Waals surface area contributed by atoms with E-state index in [0.29, 0.717) is 23.1 Å².